The van der Waals surface area contributed by atoms with E-state index in [0.29, 0.717) is 18.6 Å². The van der Waals surface area contributed by atoms with E-state index in [4.69, 9.17) is 23.7 Å². The molecule has 0 heterocycles. The molecule has 0 bridgehead atoms. The van der Waals surface area contributed by atoms with Crippen LogP contribution in [0.1, 0.15) is 83.0 Å². The fourth-order valence-electron chi connectivity index (χ4n) is 9.59. The summed E-state index contributed by atoms with van der Waals surface area (Å²) in [4.78, 5) is 63.2. The molecule has 0 aromatic heterocycles. The molecule has 12 nitrogen and oxygen atoms in total. The van der Waals surface area contributed by atoms with Crippen molar-refractivity contribution in [1.82, 2.24) is 0 Å². The average molecular weight is 645 g/mol. The molecule has 0 aliphatic heterocycles. The Morgan fingerprint density at radius 1 is 0.913 bits per heavy atom. The quantitative estimate of drug-likeness (QED) is 0.241. The van der Waals surface area contributed by atoms with Crippen molar-refractivity contribution >= 4 is 30.2 Å². The summed E-state index contributed by atoms with van der Waals surface area (Å²) in [6, 6.07) is 6.24. The van der Waals surface area contributed by atoms with Gasteiger partial charge in [-0.2, -0.15) is 0 Å². The number of carbonyl (C=O) groups excluding carboxylic acids is 5. The molecule has 1 aromatic rings. The van der Waals surface area contributed by atoms with Crippen molar-refractivity contribution in [2.45, 2.75) is 102 Å². The van der Waals surface area contributed by atoms with Crippen LogP contribution < -0.4 is 4.74 Å². The Morgan fingerprint density at radius 3 is 2.17 bits per heavy atom. The van der Waals surface area contributed by atoms with E-state index in [1.165, 1.54) is 40.0 Å². The van der Waals surface area contributed by atoms with E-state index in [9.17, 15) is 34.2 Å². The van der Waals surface area contributed by atoms with Crippen LogP contribution in [0.5, 0.6) is 5.75 Å². The molecule has 4 aliphatic rings. The Bertz CT molecular complexity index is 1380. The molecule has 2 N–H and O–H groups in total. The Hall–Kier alpha value is -3.51. The summed E-state index contributed by atoms with van der Waals surface area (Å²) in [5.41, 5.74) is -5.51. The number of ether oxygens (including phenoxy) is 5. The van der Waals surface area contributed by atoms with Gasteiger partial charge in [0.05, 0.1) is 29.3 Å². The highest BCUT2D eigenvalue weighted by Gasteiger charge is 2.77. The van der Waals surface area contributed by atoms with Crippen LogP contribution in [0.3, 0.4) is 0 Å². The Kier molecular flexibility index (Phi) is 9.02. The number of carbonyl (C=O) groups is 5. The van der Waals surface area contributed by atoms with Gasteiger partial charge in [0.1, 0.15) is 37.0 Å². The molecule has 4 aliphatic carbocycles. The number of hydrogen-bond acceptors (Lipinski definition) is 12. The SMILES string of the molecule is COc1ccc(C(=O)O[C@@H]2C[C@H](OC(C)=O)C[C@@]3(O)CC[C@@H]4[C@H]([C@H](OC(C)=O)C[C@]5(C)[C@@H](C=O)CC[C@]45O)[C@@]23COC(C)=O)cc1. The number of methoxy groups -OCH3 is 1. The standard InChI is InChI=1S/C34H44O12/c1-19(36)43-18-33-28(46-30(39)22-6-8-24(42-5)9-7-22)14-25(44-20(2)37)15-32(33,40)12-11-26-29(33)27(45-21(3)38)16-31(4)23(17-35)10-13-34(26,31)41/h6-9,17,23,25-29,40-41H,10-16,18H2,1-5H3/t23-,25+,26-,27-,28-,29-,31-,32+,33-,34+/m1/s1. The molecule has 0 spiro atoms. The van der Waals surface area contributed by atoms with E-state index in [1.807, 2.05) is 6.92 Å². The van der Waals surface area contributed by atoms with Crippen LogP contribution >= 0.6 is 0 Å². The third kappa shape index (κ3) is 5.36. The zero-order chi connectivity index (χ0) is 33.7. The van der Waals surface area contributed by atoms with Crippen molar-refractivity contribution in [2.24, 2.45) is 28.6 Å². The molecule has 4 saturated carbocycles. The summed E-state index contributed by atoms with van der Waals surface area (Å²) in [6.07, 6.45) is -1.11. The molecule has 0 amide bonds. The fraction of sp³-hybridized carbons (Fsp3) is 0.676. The van der Waals surface area contributed by atoms with Gasteiger partial charge in [0.15, 0.2) is 0 Å². The zero-order valence-electron chi connectivity index (χ0n) is 27.0. The van der Waals surface area contributed by atoms with Crippen molar-refractivity contribution in [3.63, 3.8) is 0 Å². The van der Waals surface area contributed by atoms with Crippen LogP contribution in [0.25, 0.3) is 0 Å². The Labute approximate surface area is 268 Å². The largest absolute Gasteiger partial charge is 0.497 e. The van der Waals surface area contributed by atoms with E-state index < -0.39 is 88.6 Å². The van der Waals surface area contributed by atoms with Crippen molar-refractivity contribution in [3.8, 4) is 5.75 Å². The summed E-state index contributed by atoms with van der Waals surface area (Å²) in [6.45, 7) is 5.15. The first kappa shape index (κ1) is 33.8. The molecular weight excluding hydrogens is 600 g/mol. The second-order valence-electron chi connectivity index (χ2n) is 13.8. The lowest BCUT2D eigenvalue weighted by molar-refractivity contribution is -0.318. The third-order valence-corrected chi connectivity index (χ3v) is 11.6. The number of aldehydes is 1. The Morgan fingerprint density at radius 2 is 1.59 bits per heavy atom. The Balaban J connectivity index is 1.69. The van der Waals surface area contributed by atoms with Gasteiger partial charge in [0.25, 0.3) is 0 Å². The molecule has 0 unspecified atom stereocenters. The third-order valence-electron chi connectivity index (χ3n) is 11.6. The van der Waals surface area contributed by atoms with Gasteiger partial charge >= 0.3 is 23.9 Å². The summed E-state index contributed by atoms with van der Waals surface area (Å²) < 4.78 is 28.7. The predicted octanol–water partition coefficient (Wildman–Crippen LogP) is 2.93. The zero-order valence-corrected chi connectivity index (χ0v) is 27.0. The average Bonchev–Trinajstić information content (AvgIpc) is 3.25. The molecule has 4 fully saturated rings. The first-order chi connectivity index (χ1) is 21.6. The van der Waals surface area contributed by atoms with Gasteiger partial charge < -0.3 is 38.7 Å². The lowest BCUT2D eigenvalue weighted by Gasteiger charge is -2.68. The number of rotatable bonds is 8. The highest BCUT2D eigenvalue weighted by atomic mass is 16.6. The fourth-order valence-corrected chi connectivity index (χ4v) is 9.59. The van der Waals surface area contributed by atoms with Crippen LogP contribution in [-0.2, 0) is 38.1 Å². The van der Waals surface area contributed by atoms with Gasteiger partial charge in [-0.1, -0.05) is 6.92 Å². The van der Waals surface area contributed by atoms with Crippen molar-refractivity contribution in [1.29, 1.82) is 0 Å². The van der Waals surface area contributed by atoms with Gasteiger partial charge in [-0.25, -0.2) is 4.79 Å². The maximum Gasteiger partial charge on any atom is 0.338 e. The second kappa shape index (κ2) is 12.3. The normalized spacial score (nSPS) is 39.5. The van der Waals surface area contributed by atoms with Crippen LogP contribution in [0.2, 0.25) is 0 Å². The monoisotopic (exact) mass is 644 g/mol. The van der Waals surface area contributed by atoms with Crippen LogP contribution in [0.15, 0.2) is 24.3 Å². The number of esters is 4. The van der Waals surface area contributed by atoms with Crippen LogP contribution in [0.4, 0.5) is 0 Å². The van der Waals surface area contributed by atoms with E-state index in [1.54, 1.807) is 12.1 Å². The minimum absolute atomic E-state index is 0.0479. The lowest BCUT2D eigenvalue weighted by Crippen LogP contribution is -2.76. The molecule has 0 saturated heterocycles. The molecule has 46 heavy (non-hydrogen) atoms. The highest BCUT2D eigenvalue weighted by Crippen LogP contribution is 2.70. The number of fused-ring (bicyclic) bond motifs is 5. The summed E-state index contributed by atoms with van der Waals surface area (Å²) >= 11 is 0. The van der Waals surface area contributed by atoms with E-state index in [0.717, 1.165) is 6.29 Å². The minimum Gasteiger partial charge on any atom is -0.497 e. The van der Waals surface area contributed by atoms with Crippen molar-refractivity contribution in [2.75, 3.05) is 13.7 Å². The maximum atomic E-state index is 13.8. The van der Waals surface area contributed by atoms with E-state index in [2.05, 4.69) is 0 Å². The molecule has 12 heteroatoms. The molecule has 1 aromatic carbocycles. The highest BCUT2D eigenvalue weighted by molar-refractivity contribution is 5.89. The number of benzene rings is 1. The lowest BCUT2D eigenvalue weighted by atomic mass is 9.40. The number of aliphatic hydroxyl groups is 2. The summed E-state index contributed by atoms with van der Waals surface area (Å²) in [7, 11) is 1.49. The predicted molar refractivity (Wildman–Crippen MR) is 159 cm³/mol. The van der Waals surface area contributed by atoms with Crippen molar-refractivity contribution < 1.29 is 57.9 Å². The second-order valence-corrected chi connectivity index (χ2v) is 13.8. The van der Waals surface area contributed by atoms with Crippen LogP contribution in [-0.4, -0.2) is 83.6 Å². The maximum absolute atomic E-state index is 13.8. The number of hydrogen-bond donors (Lipinski definition) is 2. The van der Waals surface area contributed by atoms with E-state index >= 15 is 0 Å². The summed E-state index contributed by atoms with van der Waals surface area (Å²) in [5, 5.41) is 25.3. The van der Waals surface area contributed by atoms with Gasteiger partial charge in [0, 0.05) is 50.9 Å². The summed E-state index contributed by atoms with van der Waals surface area (Å²) in [5.74, 6) is -4.05. The molecular formula is C34H44O12. The smallest absolute Gasteiger partial charge is 0.338 e. The molecule has 252 valence electrons. The van der Waals surface area contributed by atoms with Gasteiger partial charge in [-0.15, -0.1) is 0 Å². The molecule has 0 radical (unpaired) electrons. The first-order valence-electron chi connectivity index (χ1n) is 15.9. The van der Waals surface area contributed by atoms with Gasteiger partial charge in [-0.3, -0.25) is 14.4 Å². The van der Waals surface area contributed by atoms with Gasteiger partial charge in [-0.05, 0) is 62.3 Å². The first-order valence-corrected chi connectivity index (χ1v) is 15.9. The topological polar surface area (TPSA) is 172 Å². The van der Waals surface area contributed by atoms with Crippen molar-refractivity contribution in [3.05, 3.63) is 29.8 Å². The van der Waals surface area contributed by atoms with Crippen LogP contribution in [0, 0.1) is 28.6 Å². The minimum atomic E-state index is -1.75. The molecule has 10 atom stereocenters. The van der Waals surface area contributed by atoms with E-state index in [-0.39, 0.29) is 37.7 Å². The molecule has 5 rings (SSSR count). The van der Waals surface area contributed by atoms with Gasteiger partial charge in [0.2, 0.25) is 0 Å².